The fourth-order valence-electron chi connectivity index (χ4n) is 2.15. The minimum absolute atomic E-state index is 0.0342. The molecule has 0 saturated carbocycles. The van der Waals surface area contributed by atoms with Crippen molar-refractivity contribution in [3.05, 3.63) is 51.6 Å². The zero-order chi connectivity index (χ0) is 15.5. The lowest BCUT2D eigenvalue weighted by Crippen LogP contribution is -2.19. The van der Waals surface area contributed by atoms with Crippen LogP contribution in [0.5, 0.6) is 5.75 Å². The third-order valence-electron chi connectivity index (χ3n) is 3.43. The molecule has 2 heterocycles. The topological polar surface area (TPSA) is 44.1 Å². The largest absolute Gasteiger partial charge is 0.497 e. The minimum atomic E-state index is 0.0342. The van der Waals surface area contributed by atoms with Gasteiger partial charge in [0.25, 0.3) is 5.56 Å². The number of hydrogen-bond acceptors (Lipinski definition) is 5. The van der Waals surface area contributed by atoms with Crippen molar-refractivity contribution >= 4 is 33.3 Å². The number of thioether (sulfide) groups is 1. The van der Waals surface area contributed by atoms with E-state index in [2.05, 4.69) is 17.1 Å². The Bertz CT molecular complexity index is 837. The highest BCUT2D eigenvalue weighted by Crippen LogP contribution is 2.21. The van der Waals surface area contributed by atoms with Gasteiger partial charge in [0.2, 0.25) is 0 Å². The highest BCUT2D eigenvalue weighted by atomic mass is 32.2. The van der Waals surface area contributed by atoms with Gasteiger partial charge in [0.15, 0.2) is 5.16 Å². The summed E-state index contributed by atoms with van der Waals surface area (Å²) >= 11 is 3.05. The van der Waals surface area contributed by atoms with Gasteiger partial charge in [-0.15, -0.1) is 11.3 Å². The van der Waals surface area contributed by atoms with E-state index in [1.807, 2.05) is 23.6 Å². The highest BCUT2D eigenvalue weighted by molar-refractivity contribution is 7.99. The van der Waals surface area contributed by atoms with Crippen LogP contribution < -0.4 is 10.3 Å². The first-order chi connectivity index (χ1) is 10.7. The molecule has 0 radical (unpaired) electrons. The molecular formula is C16H16N2O2S2. The Labute approximate surface area is 136 Å². The zero-order valence-electron chi connectivity index (χ0n) is 12.4. The lowest BCUT2D eigenvalue weighted by Gasteiger charge is -2.07. The van der Waals surface area contributed by atoms with E-state index in [9.17, 15) is 4.79 Å². The van der Waals surface area contributed by atoms with E-state index in [-0.39, 0.29) is 5.56 Å². The van der Waals surface area contributed by atoms with E-state index < -0.39 is 0 Å². The van der Waals surface area contributed by atoms with Crippen LogP contribution in [-0.2, 0) is 13.5 Å². The number of nitrogens with zero attached hydrogens (tertiary/aromatic N) is 2. The molecule has 0 N–H and O–H groups in total. The maximum atomic E-state index is 12.2. The van der Waals surface area contributed by atoms with Crippen molar-refractivity contribution in [1.82, 2.24) is 9.55 Å². The van der Waals surface area contributed by atoms with E-state index >= 15 is 0 Å². The monoisotopic (exact) mass is 332 g/mol. The highest BCUT2D eigenvalue weighted by Gasteiger charge is 2.09. The second-order valence-corrected chi connectivity index (χ2v) is 6.82. The van der Waals surface area contributed by atoms with E-state index in [0.717, 1.165) is 33.3 Å². The molecule has 4 nitrogen and oxygen atoms in total. The van der Waals surface area contributed by atoms with Crippen LogP contribution in [0.25, 0.3) is 10.2 Å². The van der Waals surface area contributed by atoms with Gasteiger partial charge in [0.05, 0.1) is 12.6 Å². The Morgan fingerprint density at radius 2 is 2.05 bits per heavy atom. The van der Waals surface area contributed by atoms with Gasteiger partial charge in [-0.05, 0) is 35.6 Å². The SMILES string of the molecule is COc1ccc(CCSc2nc3ccsc3c(=O)n2C)cc1. The molecule has 0 amide bonds. The predicted octanol–water partition coefficient (Wildman–Crippen LogP) is 3.34. The number of benzene rings is 1. The first kappa shape index (κ1) is 15.1. The molecule has 0 atom stereocenters. The molecule has 0 bridgehead atoms. The summed E-state index contributed by atoms with van der Waals surface area (Å²) in [6.45, 7) is 0. The summed E-state index contributed by atoms with van der Waals surface area (Å²) in [6.07, 6.45) is 0.923. The van der Waals surface area contributed by atoms with Crippen molar-refractivity contribution in [3.63, 3.8) is 0 Å². The van der Waals surface area contributed by atoms with Crippen LogP contribution in [0.1, 0.15) is 5.56 Å². The summed E-state index contributed by atoms with van der Waals surface area (Å²) in [5.41, 5.74) is 2.07. The maximum Gasteiger partial charge on any atom is 0.271 e. The summed E-state index contributed by atoms with van der Waals surface area (Å²) in [6, 6.07) is 9.95. The lowest BCUT2D eigenvalue weighted by atomic mass is 10.2. The molecule has 3 rings (SSSR count). The van der Waals surface area contributed by atoms with Gasteiger partial charge < -0.3 is 4.74 Å². The Balaban J connectivity index is 1.70. The van der Waals surface area contributed by atoms with Crippen molar-refractivity contribution < 1.29 is 4.74 Å². The van der Waals surface area contributed by atoms with E-state index in [4.69, 9.17) is 4.74 Å². The fraction of sp³-hybridized carbons (Fsp3) is 0.250. The molecule has 2 aromatic heterocycles. The fourth-order valence-corrected chi connectivity index (χ4v) is 3.91. The predicted molar refractivity (Wildman–Crippen MR) is 92.3 cm³/mol. The van der Waals surface area contributed by atoms with Gasteiger partial charge in [-0.1, -0.05) is 23.9 Å². The van der Waals surface area contributed by atoms with Crippen LogP contribution >= 0.6 is 23.1 Å². The summed E-state index contributed by atoms with van der Waals surface area (Å²) in [7, 11) is 3.45. The third kappa shape index (κ3) is 3.03. The molecule has 0 fully saturated rings. The van der Waals surface area contributed by atoms with Gasteiger partial charge >= 0.3 is 0 Å². The standard InChI is InChI=1S/C16H16N2O2S2/c1-18-15(19)14-13(8-10-21-14)17-16(18)22-9-7-11-3-5-12(20-2)6-4-11/h3-6,8,10H,7,9H2,1-2H3. The van der Waals surface area contributed by atoms with Crippen LogP contribution in [0.3, 0.4) is 0 Å². The normalized spacial score (nSPS) is 11.0. The summed E-state index contributed by atoms with van der Waals surface area (Å²) in [4.78, 5) is 16.8. The average Bonchev–Trinajstić information content (AvgIpc) is 3.01. The zero-order valence-corrected chi connectivity index (χ0v) is 14.0. The molecule has 0 spiro atoms. The Hall–Kier alpha value is -1.79. The summed E-state index contributed by atoms with van der Waals surface area (Å²) in [5.74, 6) is 1.74. The molecular weight excluding hydrogens is 316 g/mol. The number of rotatable bonds is 5. The molecule has 1 aromatic carbocycles. The van der Waals surface area contributed by atoms with Crippen molar-refractivity contribution in [2.24, 2.45) is 7.05 Å². The summed E-state index contributed by atoms with van der Waals surface area (Å²) in [5, 5.41) is 2.68. The number of ether oxygens (including phenoxy) is 1. The van der Waals surface area contributed by atoms with E-state index in [1.165, 1.54) is 16.9 Å². The first-order valence-corrected chi connectivity index (χ1v) is 8.75. The van der Waals surface area contributed by atoms with Gasteiger partial charge in [0, 0.05) is 12.8 Å². The van der Waals surface area contributed by atoms with Crippen molar-refractivity contribution in [2.45, 2.75) is 11.6 Å². The molecule has 0 aliphatic heterocycles. The molecule has 0 aliphatic rings. The van der Waals surface area contributed by atoms with Gasteiger partial charge in [-0.3, -0.25) is 9.36 Å². The number of thiophene rings is 1. The Morgan fingerprint density at radius 1 is 1.27 bits per heavy atom. The van der Waals surface area contributed by atoms with E-state index in [0.29, 0.717) is 0 Å². The van der Waals surface area contributed by atoms with Crippen LogP contribution in [0.4, 0.5) is 0 Å². The van der Waals surface area contributed by atoms with Crippen LogP contribution in [-0.4, -0.2) is 22.4 Å². The Kier molecular flexibility index (Phi) is 4.49. The number of hydrogen-bond donors (Lipinski definition) is 0. The molecule has 0 saturated heterocycles. The number of aryl methyl sites for hydroxylation is 1. The van der Waals surface area contributed by atoms with Crippen LogP contribution in [0.15, 0.2) is 45.7 Å². The smallest absolute Gasteiger partial charge is 0.271 e. The van der Waals surface area contributed by atoms with Gasteiger partial charge in [0.1, 0.15) is 10.4 Å². The molecule has 0 aliphatic carbocycles. The number of fused-ring (bicyclic) bond motifs is 1. The maximum absolute atomic E-state index is 12.2. The number of aromatic nitrogens is 2. The van der Waals surface area contributed by atoms with Crippen molar-refractivity contribution in [1.29, 1.82) is 0 Å². The van der Waals surface area contributed by atoms with Crippen molar-refractivity contribution in [3.8, 4) is 5.75 Å². The molecule has 6 heteroatoms. The molecule has 114 valence electrons. The molecule has 3 aromatic rings. The quantitative estimate of drug-likeness (QED) is 0.531. The van der Waals surface area contributed by atoms with Crippen LogP contribution in [0.2, 0.25) is 0 Å². The van der Waals surface area contributed by atoms with E-state index in [1.54, 1.807) is 30.5 Å². The second kappa shape index (κ2) is 6.54. The first-order valence-electron chi connectivity index (χ1n) is 6.89. The lowest BCUT2D eigenvalue weighted by molar-refractivity contribution is 0.414. The van der Waals surface area contributed by atoms with Gasteiger partial charge in [-0.2, -0.15) is 0 Å². The van der Waals surface area contributed by atoms with Crippen LogP contribution in [0, 0.1) is 0 Å². The average molecular weight is 332 g/mol. The number of methoxy groups -OCH3 is 1. The third-order valence-corrected chi connectivity index (χ3v) is 5.35. The molecule has 0 unspecified atom stereocenters. The second-order valence-electron chi connectivity index (χ2n) is 4.84. The summed E-state index contributed by atoms with van der Waals surface area (Å²) < 4.78 is 7.51. The Morgan fingerprint density at radius 3 is 2.77 bits per heavy atom. The minimum Gasteiger partial charge on any atom is -0.497 e. The van der Waals surface area contributed by atoms with Crippen molar-refractivity contribution in [2.75, 3.05) is 12.9 Å². The van der Waals surface area contributed by atoms with Gasteiger partial charge in [-0.25, -0.2) is 4.98 Å². The molecule has 22 heavy (non-hydrogen) atoms.